The van der Waals surface area contributed by atoms with Crippen molar-refractivity contribution >= 4 is 39.9 Å². The van der Waals surface area contributed by atoms with Crippen LogP contribution in [0.25, 0.3) is 10.8 Å². The number of amides is 1. The van der Waals surface area contributed by atoms with Gasteiger partial charge < -0.3 is 5.32 Å². The number of benzene rings is 2. The first-order valence-electron chi connectivity index (χ1n) is 6.76. The van der Waals surface area contributed by atoms with Gasteiger partial charge in [-0.05, 0) is 17.7 Å². The summed E-state index contributed by atoms with van der Waals surface area (Å²) in [6.07, 6.45) is 0. The van der Waals surface area contributed by atoms with Crippen molar-refractivity contribution in [3.63, 3.8) is 0 Å². The summed E-state index contributed by atoms with van der Waals surface area (Å²) in [7, 11) is 0. The lowest BCUT2D eigenvalue weighted by Gasteiger charge is -2.08. The van der Waals surface area contributed by atoms with E-state index >= 15 is 0 Å². The summed E-state index contributed by atoms with van der Waals surface area (Å²) >= 11 is 12.0. The molecule has 0 aliphatic heterocycles. The molecule has 0 fully saturated rings. The summed E-state index contributed by atoms with van der Waals surface area (Å²) in [6.45, 7) is 0.202. The molecule has 2 N–H and O–H groups in total. The molecule has 0 saturated carbocycles. The summed E-state index contributed by atoms with van der Waals surface area (Å²) in [6, 6.07) is 12.0. The zero-order valence-electron chi connectivity index (χ0n) is 11.8. The van der Waals surface area contributed by atoms with Crippen molar-refractivity contribution in [3.05, 3.63) is 74.1 Å². The Hall–Kier alpha value is -2.37. The van der Waals surface area contributed by atoms with Crippen molar-refractivity contribution in [2.75, 3.05) is 0 Å². The molecule has 1 aromatic heterocycles. The minimum atomic E-state index is -0.409. The third kappa shape index (κ3) is 3.06. The molecule has 0 spiro atoms. The molecule has 0 atom stereocenters. The van der Waals surface area contributed by atoms with Gasteiger partial charge in [0.15, 0.2) is 5.69 Å². The lowest BCUT2D eigenvalue weighted by atomic mass is 10.1. The first kappa shape index (κ1) is 15.5. The predicted octanol–water partition coefficient (Wildman–Crippen LogP) is 3.16. The van der Waals surface area contributed by atoms with E-state index < -0.39 is 5.91 Å². The Morgan fingerprint density at radius 2 is 1.83 bits per heavy atom. The van der Waals surface area contributed by atoms with Crippen LogP contribution in [-0.2, 0) is 6.54 Å². The number of aromatic amines is 1. The molecule has 3 aromatic rings. The molecule has 0 unspecified atom stereocenters. The Labute approximate surface area is 141 Å². The van der Waals surface area contributed by atoms with Gasteiger partial charge in [-0.3, -0.25) is 9.59 Å². The lowest BCUT2D eigenvalue weighted by molar-refractivity contribution is 0.0946. The second-order valence-corrected chi connectivity index (χ2v) is 5.63. The van der Waals surface area contributed by atoms with E-state index in [0.717, 1.165) is 0 Å². The van der Waals surface area contributed by atoms with E-state index in [9.17, 15) is 9.59 Å². The first-order chi connectivity index (χ1) is 11.1. The fourth-order valence-corrected chi connectivity index (χ4v) is 2.62. The summed E-state index contributed by atoms with van der Waals surface area (Å²) in [5.41, 5.74) is 0.509. The van der Waals surface area contributed by atoms with E-state index in [1.54, 1.807) is 42.5 Å². The molecule has 0 radical (unpaired) electrons. The summed E-state index contributed by atoms with van der Waals surface area (Å²) < 4.78 is 0. The van der Waals surface area contributed by atoms with Gasteiger partial charge in [-0.1, -0.05) is 53.5 Å². The molecule has 1 heterocycles. The van der Waals surface area contributed by atoms with Crippen molar-refractivity contribution in [1.29, 1.82) is 0 Å². The maximum absolute atomic E-state index is 12.4. The van der Waals surface area contributed by atoms with Crippen LogP contribution in [0.2, 0.25) is 10.0 Å². The molecular formula is C16H11Cl2N3O2. The van der Waals surface area contributed by atoms with Gasteiger partial charge in [0.1, 0.15) is 0 Å². The average molecular weight is 348 g/mol. The van der Waals surface area contributed by atoms with Gasteiger partial charge >= 0.3 is 0 Å². The fraction of sp³-hybridized carbons (Fsp3) is 0.0625. The monoisotopic (exact) mass is 347 g/mol. The Morgan fingerprint density at radius 3 is 2.61 bits per heavy atom. The zero-order valence-corrected chi connectivity index (χ0v) is 13.3. The number of rotatable bonds is 3. The van der Waals surface area contributed by atoms with Crippen LogP contribution in [0.5, 0.6) is 0 Å². The van der Waals surface area contributed by atoms with E-state index in [4.69, 9.17) is 23.2 Å². The van der Waals surface area contributed by atoms with Crippen molar-refractivity contribution in [2.45, 2.75) is 6.54 Å². The Balaban J connectivity index is 1.89. The topological polar surface area (TPSA) is 74.8 Å². The van der Waals surface area contributed by atoms with Crippen LogP contribution < -0.4 is 10.9 Å². The molecule has 5 nitrogen and oxygen atoms in total. The number of carbonyl (C=O) groups is 1. The Bertz CT molecular complexity index is 953. The van der Waals surface area contributed by atoms with Crippen LogP contribution in [0.4, 0.5) is 0 Å². The largest absolute Gasteiger partial charge is 0.346 e. The third-order valence-corrected chi connectivity index (χ3v) is 4.24. The third-order valence-electron chi connectivity index (χ3n) is 3.38. The molecular weight excluding hydrogens is 337 g/mol. The minimum absolute atomic E-state index is 0.151. The summed E-state index contributed by atoms with van der Waals surface area (Å²) in [5, 5.41) is 10.6. The lowest BCUT2D eigenvalue weighted by Crippen LogP contribution is -2.26. The van der Waals surface area contributed by atoms with Crippen molar-refractivity contribution in [2.24, 2.45) is 0 Å². The van der Waals surface area contributed by atoms with Crippen LogP contribution in [0.3, 0.4) is 0 Å². The van der Waals surface area contributed by atoms with Gasteiger partial charge in [-0.2, -0.15) is 5.10 Å². The number of carbonyl (C=O) groups excluding carboxylic acids is 1. The number of fused-ring (bicyclic) bond motifs is 1. The van der Waals surface area contributed by atoms with Crippen LogP contribution >= 0.6 is 23.2 Å². The van der Waals surface area contributed by atoms with Gasteiger partial charge in [-0.15, -0.1) is 0 Å². The molecule has 0 aliphatic rings. The quantitative estimate of drug-likeness (QED) is 0.764. The average Bonchev–Trinajstić information content (AvgIpc) is 2.56. The molecule has 23 heavy (non-hydrogen) atoms. The van der Waals surface area contributed by atoms with Gasteiger partial charge in [0.05, 0.1) is 15.4 Å². The van der Waals surface area contributed by atoms with E-state index in [2.05, 4.69) is 15.5 Å². The molecule has 0 bridgehead atoms. The normalized spacial score (nSPS) is 10.7. The highest BCUT2D eigenvalue weighted by Gasteiger charge is 2.14. The van der Waals surface area contributed by atoms with Crippen molar-refractivity contribution < 1.29 is 4.79 Å². The Morgan fingerprint density at radius 1 is 1.09 bits per heavy atom. The number of H-pyrrole nitrogens is 1. The molecule has 0 saturated heterocycles. The van der Waals surface area contributed by atoms with Crippen LogP contribution in [0.1, 0.15) is 16.1 Å². The van der Waals surface area contributed by atoms with Crippen LogP contribution in [0.15, 0.2) is 47.3 Å². The van der Waals surface area contributed by atoms with E-state index in [1.807, 2.05) is 0 Å². The number of aromatic nitrogens is 2. The van der Waals surface area contributed by atoms with Gasteiger partial charge in [0.25, 0.3) is 11.5 Å². The smallest absolute Gasteiger partial charge is 0.272 e. The molecule has 1 amide bonds. The van der Waals surface area contributed by atoms with Gasteiger partial charge in [0, 0.05) is 11.9 Å². The molecule has 3 rings (SSSR count). The predicted molar refractivity (Wildman–Crippen MR) is 90.0 cm³/mol. The van der Waals surface area contributed by atoms with E-state index in [1.165, 1.54) is 0 Å². The number of nitrogens with zero attached hydrogens (tertiary/aromatic N) is 1. The first-order valence-corrected chi connectivity index (χ1v) is 7.52. The fourth-order valence-electron chi connectivity index (χ4n) is 2.23. The number of halogens is 2. The standard InChI is InChI=1S/C16H11Cl2N3O2/c17-12-7-3-4-9(13(12)18)8-19-16(23)14-10-5-1-2-6-11(10)15(22)21-20-14/h1-7H,8H2,(H,19,23)(H,21,22). The second kappa shape index (κ2) is 6.40. The number of hydrogen-bond acceptors (Lipinski definition) is 3. The maximum Gasteiger partial charge on any atom is 0.272 e. The van der Waals surface area contributed by atoms with E-state index in [0.29, 0.717) is 26.4 Å². The molecule has 116 valence electrons. The summed E-state index contributed by atoms with van der Waals surface area (Å²) in [5.74, 6) is -0.409. The highest BCUT2D eigenvalue weighted by Crippen LogP contribution is 2.25. The highest BCUT2D eigenvalue weighted by atomic mass is 35.5. The van der Waals surface area contributed by atoms with Crippen LogP contribution in [0, 0.1) is 0 Å². The zero-order chi connectivity index (χ0) is 16.4. The minimum Gasteiger partial charge on any atom is -0.346 e. The molecule has 7 heteroatoms. The highest BCUT2D eigenvalue weighted by molar-refractivity contribution is 6.42. The molecule has 0 aliphatic carbocycles. The Kier molecular flexibility index (Phi) is 4.32. The van der Waals surface area contributed by atoms with Gasteiger partial charge in [0.2, 0.25) is 0 Å². The van der Waals surface area contributed by atoms with Gasteiger partial charge in [-0.25, -0.2) is 5.10 Å². The number of nitrogens with one attached hydrogen (secondary N) is 2. The summed E-state index contributed by atoms with van der Waals surface area (Å²) in [4.78, 5) is 24.1. The SMILES string of the molecule is O=C(NCc1cccc(Cl)c1Cl)c1n[nH]c(=O)c2ccccc12. The molecule has 2 aromatic carbocycles. The van der Waals surface area contributed by atoms with Crippen molar-refractivity contribution in [3.8, 4) is 0 Å². The maximum atomic E-state index is 12.4. The van der Waals surface area contributed by atoms with E-state index in [-0.39, 0.29) is 17.8 Å². The van der Waals surface area contributed by atoms with Crippen LogP contribution in [-0.4, -0.2) is 16.1 Å². The number of hydrogen-bond donors (Lipinski definition) is 2. The second-order valence-electron chi connectivity index (χ2n) is 4.84. The van der Waals surface area contributed by atoms with Crippen molar-refractivity contribution in [1.82, 2.24) is 15.5 Å².